The number of para-hydroxylation sites is 1. The average molecular weight is 380 g/mol. The smallest absolute Gasteiger partial charge is 0.150 e. The number of ether oxygens (including phenoxy) is 1. The van der Waals surface area contributed by atoms with E-state index in [9.17, 15) is 0 Å². The Labute approximate surface area is 165 Å². The molecule has 0 amide bonds. The number of aromatic nitrogens is 2. The van der Waals surface area contributed by atoms with Crippen molar-refractivity contribution in [1.29, 1.82) is 0 Å². The Kier molecular flexibility index (Phi) is 4.93. The van der Waals surface area contributed by atoms with E-state index in [1.165, 1.54) is 48.8 Å². The highest BCUT2D eigenvalue weighted by Gasteiger charge is 2.39. The molecule has 148 valence electrons. The molecule has 6 heteroatoms. The van der Waals surface area contributed by atoms with Crippen molar-refractivity contribution in [2.75, 3.05) is 26.3 Å². The molecule has 2 fully saturated rings. The van der Waals surface area contributed by atoms with Crippen molar-refractivity contribution in [2.24, 2.45) is 0 Å². The number of H-pyrrole nitrogens is 1. The van der Waals surface area contributed by atoms with Gasteiger partial charge >= 0.3 is 0 Å². The molecular formula is C22H28N4O2. The summed E-state index contributed by atoms with van der Waals surface area (Å²) in [4.78, 5) is 5.81. The van der Waals surface area contributed by atoms with E-state index in [2.05, 4.69) is 56.9 Å². The number of hydrogen-bond donors (Lipinski definition) is 2. The third-order valence-electron chi connectivity index (χ3n) is 6.04. The molecule has 4 heterocycles. The van der Waals surface area contributed by atoms with Gasteiger partial charge in [0.1, 0.15) is 0 Å². The highest BCUT2D eigenvalue weighted by Crippen LogP contribution is 2.25. The van der Waals surface area contributed by atoms with Crippen LogP contribution in [0.5, 0.6) is 0 Å². The Morgan fingerprint density at radius 1 is 1.14 bits per heavy atom. The van der Waals surface area contributed by atoms with Gasteiger partial charge in [0, 0.05) is 36.1 Å². The van der Waals surface area contributed by atoms with Crippen molar-refractivity contribution in [3.8, 4) is 0 Å². The minimum absolute atomic E-state index is 0.0579. The standard InChI is InChI=1S/C22H28N4O2/c1-4-8-26(9-5-1)14-19-10-18(25-28-19)11-22(15-27-16-22)24-13-17-12-23-21-7-3-2-6-20(17)21/h2-3,6-7,10,12,23-24H,1,4-5,8-9,11,13-16H2. The molecule has 2 saturated heterocycles. The molecule has 2 N–H and O–H groups in total. The summed E-state index contributed by atoms with van der Waals surface area (Å²) in [7, 11) is 0. The quantitative estimate of drug-likeness (QED) is 0.659. The molecule has 5 rings (SSSR count). The van der Waals surface area contributed by atoms with E-state index in [4.69, 9.17) is 9.26 Å². The molecule has 0 saturated carbocycles. The van der Waals surface area contributed by atoms with E-state index in [0.29, 0.717) is 13.2 Å². The molecule has 3 aromatic rings. The van der Waals surface area contributed by atoms with Gasteiger partial charge in [0.05, 0.1) is 31.0 Å². The van der Waals surface area contributed by atoms with Crippen molar-refractivity contribution >= 4 is 10.9 Å². The lowest BCUT2D eigenvalue weighted by Gasteiger charge is -2.42. The van der Waals surface area contributed by atoms with E-state index < -0.39 is 0 Å². The maximum absolute atomic E-state index is 5.62. The summed E-state index contributed by atoms with van der Waals surface area (Å²) in [6.45, 7) is 5.44. The van der Waals surface area contributed by atoms with Crippen LogP contribution in [0.3, 0.4) is 0 Å². The maximum Gasteiger partial charge on any atom is 0.150 e. The second-order valence-electron chi connectivity index (χ2n) is 8.28. The third-order valence-corrected chi connectivity index (χ3v) is 6.04. The second-order valence-corrected chi connectivity index (χ2v) is 8.28. The summed E-state index contributed by atoms with van der Waals surface area (Å²) in [6.07, 6.45) is 6.86. The van der Waals surface area contributed by atoms with Crippen LogP contribution in [0, 0.1) is 0 Å². The van der Waals surface area contributed by atoms with E-state index in [1.54, 1.807) is 0 Å². The summed E-state index contributed by atoms with van der Waals surface area (Å²) < 4.78 is 11.2. The molecule has 6 nitrogen and oxygen atoms in total. The van der Waals surface area contributed by atoms with Crippen LogP contribution in [0.4, 0.5) is 0 Å². The Hall–Kier alpha value is -2.15. The van der Waals surface area contributed by atoms with E-state index in [1.807, 2.05) is 0 Å². The highest BCUT2D eigenvalue weighted by molar-refractivity contribution is 5.82. The topological polar surface area (TPSA) is 66.3 Å². The van der Waals surface area contributed by atoms with Crippen LogP contribution < -0.4 is 5.32 Å². The molecule has 0 spiro atoms. The first-order valence-corrected chi connectivity index (χ1v) is 10.3. The van der Waals surface area contributed by atoms with E-state index in [-0.39, 0.29) is 5.54 Å². The van der Waals surface area contributed by atoms with Crippen molar-refractivity contribution in [1.82, 2.24) is 20.4 Å². The Bertz CT molecular complexity index is 921. The minimum Gasteiger partial charge on any atom is -0.377 e. The van der Waals surface area contributed by atoms with Crippen LogP contribution in [0.15, 0.2) is 41.1 Å². The number of likely N-dealkylation sites (tertiary alicyclic amines) is 1. The van der Waals surface area contributed by atoms with Crippen LogP contribution >= 0.6 is 0 Å². The zero-order chi connectivity index (χ0) is 18.8. The lowest BCUT2D eigenvalue weighted by molar-refractivity contribution is -0.0755. The summed E-state index contributed by atoms with van der Waals surface area (Å²) in [5.41, 5.74) is 3.42. The summed E-state index contributed by atoms with van der Waals surface area (Å²) in [5, 5.41) is 9.34. The summed E-state index contributed by atoms with van der Waals surface area (Å²) in [6, 6.07) is 10.5. The van der Waals surface area contributed by atoms with Gasteiger partial charge in [-0.05, 0) is 37.6 Å². The average Bonchev–Trinajstić information content (AvgIpc) is 3.31. The molecule has 2 aromatic heterocycles. The van der Waals surface area contributed by atoms with E-state index >= 15 is 0 Å². The molecule has 28 heavy (non-hydrogen) atoms. The van der Waals surface area contributed by atoms with Crippen molar-refractivity contribution in [3.05, 3.63) is 53.5 Å². The monoisotopic (exact) mass is 380 g/mol. The fraction of sp³-hybridized carbons (Fsp3) is 0.500. The molecule has 0 aliphatic carbocycles. The number of nitrogens with zero attached hydrogens (tertiary/aromatic N) is 2. The van der Waals surface area contributed by atoms with E-state index in [0.717, 1.165) is 31.0 Å². The lowest BCUT2D eigenvalue weighted by atomic mass is 9.90. The van der Waals surface area contributed by atoms with Gasteiger partial charge in [0.25, 0.3) is 0 Å². The normalized spacial score (nSPS) is 19.7. The lowest BCUT2D eigenvalue weighted by Crippen LogP contribution is -2.61. The first kappa shape index (κ1) is 17.9. The van der Waals surface area contributed by atoms with Gasteiger partial charge in [-0.3, -0.25) is 4.90 Å². The number of rotatable bonds is 7. The van der Waals surface area contributed by atoms with Crippen molar-refractivity contribution in [2.45, 2.75) is 44.3 Å². The van der Waals surface area contributed by atoms with Gasteiger partial charge < -0.3 is 19.6 Å². The molecule has 2 aliphatic heterocycles. The number of piperidine rings is 1. The Balaban J connectivity index is 1.22. The van der Waals surface area contributed by atoms with Crippen LogP contribution in [0.25, 0.3) is 10.9 Å². The fourth-order valence-electron chi connectivity index (χ4n) is 4.37. The number of benzene rings is 1. The highest BCUT2D eigenvalue weighted by atomic mass is 16.5. The predicted molar refractivity (Wildman–Crippen MR) is 108 cm³/mol. The van der Waals surface area contributed by atoms with Crippen LogP contribution in [0.1, 0.15) is 36.3 Å². The number of aromatic amines is 1. The number of nitrogens with one attached hydrogen (secondary N) is 2. The molecule has 0 unspecified atom stereocenters. The Morgan fingerprint density at radius 3 is 2.82 bits per heavy atom. The van der Waals surface area contributed by atoms with Gasteiger partial charge in [-0.15, -0.1) is 0 Å². The zero-order valence-corrected chi connectivity index (χ0v) is 16.2. The van der Waals surface area contributed by atoms with Gasteiger partial charge in [0.15, 0.2) is 5.76 Å². The van der Waals surface area contributed by atoms with Crippen molar-refractivity contribution < 1.29 is 9.26 Å². The zero-order valence-electron chi connectivity index (χ0n) is 16.2. The van der Waals surface area contributed by atoms with Crippen LogP contribution in [0.2, 0.25) is 0 Å². The third kappa shape index (κ3) is 3.72. The second kappa shape index (κ2) is 7.70. The first-order chi connectivity index (χ1) is 13.8. The first-order valence-electron chi connectivity index (χ1n) is 10.3. The van der Waals surface area contributed by atoms with Gasteiger partial charge in [-0.1, -0.05) is 29.8 Å². The number of fused-ring (bicyclic) bond motifs is 1. The van der Waals surface area contributed by atoms with Gasteiger partial charge in [-0.2, -0.15) is 0 Å². The Morgan fingerprint density at radius 2 is 2.00 bits per heavy atom. The van der Waals surface area contributed by atoms with Crippen LogP contribution in [-0.2, 0) is 24.2 Å². The molecule has 2 aliphatic rings. The minimum atomic E-state index is -0.0579. The molecular weight excluding hydrogens is 352 g/mol. The SMILES string of the molecule is c1ccc2c(CNC3(Cc4cc(CN5CCCCC5)on4)COC3)c[nH]c2c1. The van der Waals surface area contributed by atoms with Gasteiger partial charge in [0.2, 0.25) is 0 Å². The maximum atomic E-state index is 5.62. The van der Waals surface area contributed by atoms with Gasteiger partial charge in [-0.25, -0.2) is 0 Å². The predicted octanol–water partition coefficient (Wildman–Crippen LogP) is 3.24. The molecule has 0 atom stereocenters. The summed E-state index contributed by atoms with van der Waals surface area (Å²) >= 11 is 0. The molecule has 1 aromatic carbocycles. The van der Waals surface area contributed by atoms with Crippen molar-refractivity contribution in [3.63, 3.8) is 0 Å². The largest absolute Gasteiger partial charge is 0.377 e. The molecule has 0 bridgehead atoms. The number of hydrogen-bond acceptors (Lipinski definition) is 5. The fourth-order valence-corrected chi connectivity index (χ4v) is 4.37. The van der Waals surface area contributed by atoms with Crippen LogP contribution in [-0.4, -0.2) is 46.9 Å². The summed E-state index contributed by atoms with van der Waals surface area (Å²) in [5.74, 6) is 0.976. The molecule has 0 radical (unpaired) electrons.